The predicted octanol–water partition coefficient (Wildman–Crippen LogP) is 5.64. The first-order valence-corrected chi connectivity index (χ1v) is 14.2. The topological polar surface area (TPSA) is 64.6 Å². The maximum absolute atomic E-state index is 13.0. The first kappa shape index (κ1) is 24.7. The number of aliphatic hydroxyl groups excluding tert-OH is 1. The molecule has 2 heterocycles. The van der Waals surface area contributed by atoms with Crippen LogP contribution in [0.4, 0.5) is 5.69 Å². The molecule has 1 saturated heterocycles. The zero-order valence-corrected chi connectivity index (χ0v) is 21.9. The third kappa shape index (κ3) is 4.85. The summed E-state index contributed by atoms with van der Waals surface area (Å²) in [6.45, 7) is 0.841. The van der Waals surface area contributed by atoms with Crippen molar-refractivity contribution >= 4 is 23.2 Å². The number of carbonyl (C=O) groups excluding carboxylic acids is 1. The van der Waals surface area contributed by atoms with E-state index >= 15 is 0 Å². The lowest BCUT2D eigenvalue weighted by Gasteiger charge is -2.45. The van der Waals surface area contributed by atoms with Crippen molar-refractivity contribution in [3.05, 3.63) is 89.5 Å². The minimum absolute atomic E-state index is 0.00598. The first-order valence-electron chi connectivity index (χ1n) is 13.8. The lowest BCUT2D eigenvalue weighted by Crippen LogP contribution is -2.52. The van der Waals surface area contributed by atoms with Gasteiger partial charge < -0.3 is 15.7 Å². The molecule has 2 aliphatic heterocycles. The maximum atomic E-state index is 13.0. The Morgan fingerprint density at radius 3 is 2.65 bits per heavy atom. The smallest absolute Gasteiger partial charge is 0.251 e. The second kappa shape index (κ2) is 10.6. The Morgan fingerprint density at radius 1 is 1.05 bits per heavy atom. The van der Waals surface area contributed by atoms with E-state index < -0.39 is 6.23 Å². The molecule has 0 spiro atoms. The molecular weight excluding hydrogens is 482 g/mol. The van der Waals surface area contributed by atoms with Crippen LogP contribution in [-0.4, -0.2) is 46.1 Å². The number of aliphatic hydroxyl groups is 1. The number of para-hydroxylation sites is 1. The second-order valence-electron chi connectivity index (χ2n) is 11.0. The van der Waals surface area contributed by atoms with E-state index in [0.29, 0.717) is 11.5 Å². The van der Waals surface area contributed by atoms with E-state index in [1.165, 1.54) is 11.1 Å². The van der Waals surface area contributed by atoms with Gasteiger partial charge in [0.2, 0.25) is 0 Å². The number of fused-ring (bicyclic) bond motifs is 3. The second-order valence-corrected chi connectivity index (χ2v) is 11.5. The van der Waals surface area contributed by atoms with Crippen LogP contribution in [0.25, 0.3) is 0 Å². The van der Waals surface area contributed by atoms with Gasteiger partial charge in [-0.3, -0.25) is 9.69 Å². The van der Waals surface area contributed by atoms with Gasteiger partial charge in [-0.2, -0.15) is 0 Å². The first-order chi connectivity index (χ1) is 18.1. The number of nitrogens with zero attached hydrogens (tertiary/aromatic N) is 1. The molecule has 2 fully saturated rings. The molecule has 4 aliphatic rings. The number of alkyl halides is 1. The average Bonchev–Trinajstić information content (AvgIpc) is 3.39. The van der Waals surface area contributed by atoms with Crippen molar-refractivity contribution in [2.45, 2.75) is 68.3 Å². The molecule has 37 heavy (non-hydrogen) atoms. The molecule has 5 unspecified atom stereocenters. The van der Waals surface area contributed by atoms with Gasteiger partial charge in [0.25, 0.3) is 5.91 Å². The van der Waals surface area contributed by atoms with E-state index in [0.717, 1.165) is 50.8 Å². The zero-order chi connectivity index (χ0) is 25.4. The Balaban J connectivity index is 1.26. The number of amides is 1. The molecule has 0 bridgehead atoms. The highest BCUT2D eigenvalue weighted by Crippen LogP contribution is 2.50. The van der Waals surface area contributed by atoms with Gasteiger partial charge in [0, 0.05) is 41.7 Å². The van der Waals surface area contributed by atoms with Crippen molar-refractivity contribution in [1.82, 2.24) is 10.2 Å². The molecule has 1 saturated carbocycles. The fraction of sp³-hybridized carbons (Fsp3) is 0.452. The van der Waals surface area contributed by atoms with Crippen LogP contribution in [0, 0.1) is 11.8 Å². The van der Waals surface area contributed by atoms with Crippen LogP contribution >= 0.6 is 11.6 Å². The summed E-state index contributed by atoms with van der Waals surface area (Å²) >= 11 is 6.33. The molecule has 2 aliphatic carbocycles. The third-order valence-electron chi connectivity index (χ3n) is 8.83. The normalized spacial score (nSPS) is 32.0. The molecule has 6 rings (SSSR count). The molecule has 1 amide bonds. The number of carbonyl (C=O) groups is 1. The molecule has 6 heteroatoms. The number of benzene rings is 2. The summed E-state index contributed by atoms with van der Waals surface area (Å²) in [6.07, 6.45) is 11.8. The van der Waals surface area contributed by atoms with Crippen molar-refractivity contribution in [2.24, 2.45) is 11.8 Å². The summed E-state index contributed by atoms with van der Waals surface area (Å²) in [5.74, 6) is 0.310. The van der Waals surface area contributed by atoms with E-state index in [1.54, 1.807) is 0 Å². The van der Waals surface area contributed by atoms with Crippen LogP contribution in [0.15, 0.2) is 78.4 Å². The Kier molecular flexibility index (Phi) is 7.11. The van der Waals surface area contributed by atoms with Crippen molar-refractivity contribution in [2.75, 3.05) is 11.9 Å². The predicted molar refractivity (Wildman–Crippen MR) is 149 cm³/mol. The van der Waals surface area contributed by atoms with E-state index in [1.807, 2.05) is 30.3 Å². The molecule has 0 radical (unpaired) electrons. The molecule has 194 valence electrons. The lowest BCUT2D eigenvalue weighted by molar-refractivity contribution is -0.0715. The summed E-state index contributed by atoms with van der Waals surface area (Å²) in [5.41, 5.74) is 4.37. The third-order valence-corrected chi connectivity index (χ3v) is 9.16. The van der Waals surface area contributed by atoms with Gasteiger partial charge >= 0.3 is 0 Å². The van der Waals surface area contributed by atoms with Gasteiger partial charge in [-0.05, 0) is 55.0 Å². The number of hydrogen-bond donors (Lipinski definition) is 3. The van der Waals surface area contributed by atoms with E-state index in [9.17, 15) is 9.90 Å². The van der Waals surface area contributed by atoms with Gasteiger partial charge in [0.05, 0.1) is 11.4 Å². The Bertz CT molecular complexity index is 1180. The highest BCUT2D eigenvalue weighted by molar-refractivity contribution is 6.22. The Morgan fingerprint density at radius 2 is 1.84 bits per heavy atom. The number of allylic oxidation sites excluding steroid dienone is 2. The monoisotopic (exact) mass is 517 g/mol. The Hall–Kier alpha value is -2.60. The maximum Gasteiger partial charge on any atom is 0.251 e. The highest BCUT2D eigenvalue weighted by Gasteiger charge is 2.49. The minimum Gasteiger partial charge on any atom is -0.378 e. The van der Waals surface area contributed by atoms with Crippen LogP contribution < -0.4 is 10.6 Å². The summed E-state index contributed by atoms with van der Waals surface area (Å²) in [4.78, 5) is 15.3. The molecule has 7 atom stereocenters. The molecule has 2 aromatic rings. The van der Waals surface area contributed by atoms with E-state index in [2.05, 4.69) is 58.0 Å². The molecule has 5 nitrogen and oxygen atoms in total. The fourth-order valence-electron chi connectivity index (χ4n) is 7.01. The van der Waals surface area contributed by atoms with Gasteiger partial charge in [0.1, 0.15) is 6.23 Å². The van der Waals surface area contributed by atoms with Crippen molar-refractivity contribution in [3.8, 4) is 0 Å². The van der Waals surface area contributed by atoms with E-state index in [4.69, 9.17) is 11.6 Å². The quantitative estimate of drug-likeness (QED) is 0.449. The number of anilines is 1. The molecule has 2 aromatic carbocycles. The van der Waals surface area contributed by atoms with Crippen LogP contribution in [0.3, 0.4) is 0 Å². The average molecular weight is 518 g/mol. The van der Waals surface area contributed by atoms with Crippen molar-refractivity contribution < 1.29 is 9.90 Å². The molecule has 3 N–H and O–H groups in total. The van der Waals surface area contributed by atoms with Gasteiger partial charge in [-0.25, -0.2) is 0 Å². The summed E-state index contributed by atoms with van der Waals surface area (Å²) < 4.78 is 0. The van der Waals surface area contributed by atoms with Gasteiger partial charge in [0.15, 0.2) is 0 Å². The molecule has 0 aromatic heterocycles. The zero-order valence-electron chi connectivity index (χ0n) is 21.1. The van der Waals surface area contributed by atoms with Crippen LogP contribution in [0.2, 0.25) is 0 Å². The standard InChI is InChI=1S/C31H36ClN3O2/c32-22-16-14-20(15-17-22)28-25-18-19-35(29(25)23-10-4-6-12-26(23)33-28)31(37)24-11-5-7-13-27(24)34-30(36)21-8-2-1-3-9-21/h1-4,6,8-10,12,14-16,22,24-25,27-29,31,33,37H,5,7,11,13,17-19H2,(H,34,36)/t22?,24-,25?,27?,28+,29?,31?/m0/s1. The lowest BCUT2D eigenvalue weighted by atomic mass is 9.78. The SMILES string of the molecule is O=C(NC1CCCC[C@@H]1C(O)N1CCC2C1c1ccccc1N[C@@H]2C1=CCC(Cl)C=C1)c1ccccc1. The summed E-state index contributed by atoms with van der Waals surface area (Å²) in [6, 6.07) is 18.2. The highest BCUT2D eigenvalue weighted by atomic mass is 35.5. The Labute approximate surface area is 224 Å². The summed E-state index contributed by atoms with van der Waals surface area (Å²) in [7, 11) is 0. The largest absolute Gasteiger partial charge is 0.378 e. The van der Waals surface area contributed by atoms with E-state index in [-0.39, 0.29) is 35.3 Å². The number of rotatable bonds is 5. The number of nitrogens with one attached hydrogen (secondary N) is 2. The molecular formula is C31H36ClN3O2. The van der Waals surface area contributed by atoms with Crippen LogP contribution in [0.5, 0.6) is 0 Å². The number of hydrogen-bond acceptors (Lipinski definition) is 4. The van der Waals surface area contributed by atoms with Crippen molar-refractivity contribution in [3.63, 3.8) is 0 Å². The minimum atomic E-state index is -0.605. The van der Waals surface area contributed by atoms with Crippen molar-refractivity contribution in [1.29, 1.82) is 0 Å². The van der Waals surface area contributed by atoms with Crippen LogP contribution in [0.1, 0.15) is 60.5 Å². The fourth-order valence-corrected chi connectivity index (χ4v) is 7.17. The number of halogens is 1. The summed E-state index contributed by atoms with van der Waals surface area (Å²) in [5, 5.41) is 19.1. The van der Waals surface area contributed by atoms with Gasteiger partial charge in [-0.1, -0.05) is 67.5 Å². The van der Waals surface area contributed by atoms with Crippen LogP contribution in [-0.2, 0) is 0 Å². The number of likely N-dealkylation sites (tertiary alicyclic amines) is 1. The van der Waals surface area contributed by atoms with Gasteiger partial charge in [-0.15, -0.1) is 11.6 Å².